The quantitative estimate of drug-likeness (QED) is 0.741. The summed E-state index contributed by atoms with van der Waals surface area (Å²) in [5.74, 6) is -0.601. The van der Waals surface area contributed by atoms with Crippen molar-refractivity contribution in [3.8, 4) is 0 Å². The van der Waals surface area contributed by atoms with E-state index in [2.05, 4.69) is 0 Å². The summed E-state index contributed by atoms with van der Waals surface area (Å²) in [5, 5.41) is 9.53. The van der Waals surface area contributed by atoms with Crippen LogP contribution >= 0.6 is 0 Å². The van der Waals surface area contributed by atoms with Crippen LogP contribution in [0.1, 0.15) is 19.4 Å². The number of hydrogen-bond donors (Lipinski definition) is 2. The second-order valence-electron chi connectivity index (χ2n) is 4.22. The highest BCUT2D eigenvalue weighted by atomic mass is 16.5. The lowest BCUT2D eigenvalue weighted by molar-refractivity contribution is -0.152. The maximum absolute atomic E-state index is 11.5. The molecule has 1 unspecified atom stereocenters. The van der Waals surface area contributed by atoms with Crippen molar-refractivity contribution in [2.24, 2.45) is 5.73 Å². The summed E-state index contributed by atoms with van der Waals surface area (Å²) in [5.41, 5.74) is 5.15. The highest BCUT2D eigenvalue weighted by molar-refractivity contribution is 5.76. The van der Waals surface area contributed by atoms with E-state index in [4.69, 9.17) is 10.5 Å². The molecule has 4 nitrogen and oxygen atoms in total. The molecule has 1 rings (SSSR count). The van der Waals surface area contributed by atoms with Gasteiger partial charge in [-0.15, -0.1) is 0 Å². The zero-order valence-corrected chi connectivity index (χ0v) is 9.51. The molecule has 0 bridgehead atoms. The van der Waals surface area contributed by atoms with Crippen molar-refractivity contribution in [1.29, 1.82) is 0 Å². The van der Waals surface area contributed by atoms with Gasteiger partial charge in [0.15, 0.2) is 0 Å². The molecule has 3 N–H and O–H groups in total. The van der Waals surface area contributed by atoms with Crippen molar-refractivity contribution in [3.05, 3.63) is 35.9 Å². The molecule has 1 aromatic rings. The van der Waals surface area contributed by atoms with Gasteiger partial charge in [-0.2, -0.15) is 0 Å². The monoisotopic (exact) mass is 223 g/mol. The molecule has 0 spiro atoms. The molecular weight excluding hydrogens is 206 g/mol. The van der Waals surface area contributed by atoms with Gasteiger partial charge < -0.3 is 15.6 Å². The minimum absolute atomic E-state index is 0.170. The van der Waals surface area contributed by atoms with E-state index in [1.807, 2.05) is 30.3 Å². The number of ether oxygens (including phenoxy) is 1. The van der Waals surface area contributed by atoms with E-state index in [0.717, 1.165) is 5.56 Å². The highest BCUT2D eigenvalue weighted by Crippen LogP contribution is 2.09. The normalized spacial score (nSPS) is 13.2. The van der Waals surface area contributed by atoms with Crippen molar-refractivity contribution in [2.45, 2.75) is 32.1 Å². The predicted octanol–water partition coefficient (Wildman–Crippen LogP) is 0.828. The molecular formula is C12H17NO3. The molecule has 4 heteroatoms. The minimum Gasteiger partial charge on any atom is -0.460 e. The van der Waals surface area contributed by atoms with E-state index in [1.54, 1.807) is 0 Å². The third-order valence-corrected chi connectivity index (χ3v) is 2.24. The summed E-state index contributed by atoms with van der Waals surface area (Å²) in [7, 11) is 0. The summed E-state index contributed by atoms with van der Waals surface area (Å²) >= 11 is 0. The summed E-state index contributed by atoms with van der Waals surface area (Å²) in [6, 6.07) is 8.27. The lowest BCUT2D eigenvalue weighted by Gasteiger charge is -2.23. The van der Waals surface area contributed by atoms with Crippen molar-refractivity contribution in [3.63, 3.8) is 0 Å². The summed E-state index contributed by atoms with van der Waals surface area (Å²) in [6.07, 6.45) is 0. The number of carbonyl (C=O) groups is 1. The molecule has 1 aromatic carbocycles. The largest absolute Gasteiger partial charge is 0.460 e. The Labute approximate surface area is 95.0 Å². The van der Waals surface area contributed by atoms with E-state index < -0.39 is 17.6 Å². The first-order valence-electron chi connectivity index (χ1n) is 5.10. The molecule has 0 aliphatic heterocycles. The van der Waals surface area contributed by atoms with E-state index >= 15 is 0 Å². The Kier molecular flexibility index (Phi) is 4.04. The van der Waals surface area contributed by atoms with E-state index in [0.29, 0.717) is 0 Å². The Morgan fingerprint density at radius 2 is 2.00 bits per heavy atom. The standard InChI is InChI=1S/C12H17NO3/c1-12(2,15)10(13)11(14)16-8-9-6-4-3-5-7-9/h3-7,10,15H,8,13H2,1-2H3. The topological polar surface area (TPSA) is 72.5 Å². The molecule has 0 aliphatic carbocycles. The first kappa shape index (κ1) is 12.7. The molecule has 1 atom stereocenters. The molecule has 0 aromatic heterocycles. The number of rotatable bonds is 4. The SMILES string of the molecule is CC(C)(O)C(N)C(=O)OCc1ccccc1. The third-order valence-electron chi connectivity index (χ3n) is 2.24. The first-order chi connectivity index (χ1) is 7.41. The van der Waals surface area contributed by atoms with Crippen LogP contribution in [0.25, 0.3) is 0 Å². The third kappa shape index (κ3) is 3.64. The van der Waals surface area contributed by atoms with Gasteiger partial charge in [0, 0.05) is 0 Å². The Hall–Kier alpha value is -1.39. The van der Waals surface area contributed by atoms with E-state index in [1.165, 1.54) is 13.8 Å². The lowest BCUT2D eigenvalue weighted by atomic mass is 10.0. The van der Waals surface area contributed by atoms with Gasteiger partial charge in [-0.1, -0.05) is 30.3 Å². The lowest BCUT2D eigenvalue weighted by Crippen LogP contribution is -2.49. The first-order valence-corrected chi connectivity index (χ1v) is 5.10. The Bertz CT molecular complexity index is 343. The van der Waals surface area contributed by atoms with Gasteiger partial charge in [0.2, 0.25) is 0 Å². The van der Waals surface area contributed by atoms with Gasteiger partial charge in [-0.3, -0.25) is 4.79 Å². The average molecular weight is 223 g/mol. The van der Waals surface area contributed by atoms with Crippen LogP contribution in [0, 0.1) is 0 Å². The fourth-order valence-electron chi connectivity index (χ4n) is 1.11. The zero-order chi connectivity index (χ0) is 12.2. The maximum atomic E-state index is 11.5. The fourth-order valence-corrected chi connectivity index (χ4v) is 1.11. The van der Waals surface area contributed by atoms with Crippen LogP contribution in [0.5, 0.6) is 0 Å². The number of hydrogen-bond acceptors (Lipinski definition) is 4. The van der Waals surface area contributed by atoms with Gasteiger partial charge in [0.05, 0.1) is 5.60 Å². The molecule has 0 saturated heterocycles. The van der Waals surface area contributed by atoms with Crippen molar-refractivity contribution >= 4 is 5.97 Å². The molecule has 0 amide bonds. The average Bonchev–Trinajstić information content (AvgIpc) is 2.25. The molecule has 0 aliphatic rings. The molecule has 16 heavy (non-hydrogen) atoms. The van der Waals surface area contributed by atoms with Crippen LogP contribution < -0.4 is 5.73 Å². The number of nitrogens with two attached hydrogens (primary N) is 1. The summed E-state index contributed by atoms with van der Waals surface area (Å²) in [6.45, 7) is 3.12. The highest BCUT2D eigenvalue weighted by Gasteiger charge is 2.30. The predicted molar refractivity (Wildman–Crippen MR) is 60.5 cm³/mol. The maximum Gasteiger partial charge on any atom is 0.326 e. The van der Waals surface area contributed by atoms with Gasteiger partial charge in [-0.05, 0) is 19.4 Å². The van der Waals surface area contributed by atoms with Gasteiger partial charge in [0.1, 0.15) is 12.6 Å². The Morgan fingerprint density at radius 1 is 1.44 bits per heavy atom. The van der Waals surface area contributed by atoms with Crippen molar-refractivity contribution in [2.75, 3.05) is 0 Å². The molecule has 0 heterocycles. The minimum atomic E-state index is -1.27. The van der Waals surface area contributed by atoms with Crippen molar-refractivity contribution in [1.82, 2.24) is 0 Å². The molecule has 0 radical (unpaired) electrons. The number of aliphatic hydroxyl groups is 1. The smallest absolute Gasteiger partial charge is 0.326 e. The van der Waals surface area contributed by atoms with Crippen LogP contribution in [0.15, 0.2) is 30.3 Å². The van der Waals surface area contributed by atoms with Crippen LogP contribution in [0.4, 0.5) is 0 Å². The van der Waals surface area contributed by atoms with Gasteiger partial charge in [-0.25, -0.2) is 0 Å². The van der Waals surface area contributed by atoms with Crippen molar-refractivity contribution < 1.29 is 14.6 Å². The number of carbonyl (C=O) groups excluding carboxylic acids is 1. The second-order valence-corrected chi connectivity index (χ2v) is 4.22. The van der Waals surface area contributed by atoms with Gasteiger partial charge >= 0.3 is 5.97 Å². The second kappa shape index (κ2) is 5.09. The summed E-state index contributed by atoms with van der Waals surface area (Å²) < 4.78 is 4.99. The van der Waals surface area contributed by atoms with Crippen LogP contribution in [-0.4, -0.2) is 22.7 Å². The molecule has 0 fully saturated rings. The zero-order valence-electron chi connectivity index (χ0n) is 9.51. The van der Waals surface area contributed by atoms with Crippen LogP contribution in [0.3, 0.4) is 0 Å². The Morgan fingerprint density at radius 3 is 2.50 bits per heavy atom. The van der Waals surface area contributed by atoms with Crippen LogP contribution in [0.2, 0.25) is 0 Å². The van der Waals surface area contributed by atoms with Gasteiger partial charge in [0.25, 0.3) is 0 Å². The Balaban J connectivity index is 2.48. The molecule has 88 valence electrons. The fraction of sp³-hybridized carbons (Fsp3) is 0.417. The molecule has 0 saturated carbocycles. The number of benzene rings is 1. The van der Waals surface area contributed by atoms with E-state index in [-0.39, 0.29) is 6.61 Å². The number of esters is 1. The van der Waals surface area contributed by atoms with E-state index in [9.17, 15) is 9.90 Å². The van der Waals surface area contributed by atoms with Crippen LogP contribution in [-0.2, 0) is 16.1 Å². The summed E-state index contributed by atoms with van der Waals surface area (Å²) in [4.78, 5) is 11.5.